The van der Waals surface area contributed by atoms with Crippen LogP contribution in [-0.2, 0) is 13.0 Å². The third kappa shape index (κ3) is 4.19. The van der Waals surface area contributed by atoms with Gasteiger partial charge in [-0.1, -0.05) is 38.3 Å². The number of aliphatic imine (C=N–C) groups is 1. The number of rotatable bonds is 7. The van der Waals surface area contributed by atoms with Crippen LogP contribution in [0.2, 0.25) is 0 Å². The molecule has 29 heavy (non-hydrogen) atoms. The Balaban J connectivity index is 1.69. The molecule has 2 heterocycles. The number of hydrogen-bond acceptors (Lipinski definition) is 5. The van der Waals surface area contributed by atoms with E-state index < -0.39 is 5.56 Å². The Kier molecular flexibility index (Phi) is 5.94. The van der Waals surface area contributed by atoms with Gasteiger partial charge in [-0.2, -0.15) is 4.98 Å². The van der Waals surface area contributed by atoms with Gasteiger partial charge in [0.2, 0.25) is 0 Å². The molecule has 1 aromatic heterocycles. The maximum absolute atomic E-state index is 12.7. The molecule has 0 unspecified atom stereocenters. The molecular formula is C22H27N4O3. The van der Waals surface area contributed by atoms with E-state index in [-0.39, 0.29) is 12.6 Å². The summed E-state index contributed by atoms with van der Waals surface area (Å²) in [5.74, 6) is 2.24. The van der Waals surface area contributed by atoms with Crippen LogP contribution in [0.4, 0.5) is 11.5 Å². The van der Waals surface area contributed by atoms with E-state index in [0.29, 0.717) is 36.1 Å². The van der Waals surface area contributed by atoms with Gasteiger partial charge in [0.15, 0.2) is 11.5 Å². The van der Waals surface area contributed by atoms with Gasteiger partial charge in [0, 0.05) is 19.1 Å². The van der Waals surface area contributed by atoms with E-state index in [0.717, 1.165) is 30.7 Å². The van der Waals surface area contributed by atoms with Crippen molar-refractivity contribution in [2.75, 3.05) is 6.61 Å². The molecule has 0 spiro atoms. The first-order valence-corrected chi connectivity index (χ1v) is 10.5. The predicted molar refractivity (Wildman–Crippen MR) is 112 cm³/mol. The Labute approximate surface area is 170 Å². The molecule has 1 N–H and O–H groups in total. The van der Waals surface area contributed by atoms with E-state index in [9.17, 15) is 4.79 Å². The first-order chi connectivity index (χ1) is 14.2. The van der Waals surface area contributed by atoms with Crippen LogP contribution in [0, 0.1) is 5.92 Å². The van der Waals surface area contributed by atoms with Crippen molar-refractivity contribution in [3.63, 3.8) is 0 Å². The van der Waals surface area contributed by atoms with Crippen molar-refractivity contribution < 1.29 is 9.84 Å². The van der Waals surface area contributed by atoms with E-state index in [1.54, 1.807) is 0 Å². The maximum Gasteiger partial charge on any atom is 0.307 e. The SMILES string of the molecule is CCCn1c(Oc2cccc(CCO)c2)nc(=O)c2c1N=C(C1CCCCC1)[N]2. The van der Waals surface area contributed by atoms with Crippen LogP contribution in [0.15, 0.2) is 34.1 Å². The van der Waals surface area contributed by atoms with E-state index in [4.69, 9.17) is 14.8 Å². The number of ether oxygens (including phenoxy) is 1. The Morgan fingerprint density at radius 1 is 1.24 bits per heavy atom. The molecule has 1 saturated carbocycles. The number of aliphatic hydroxyl groups is 1. The number of benzene rings is 1. The molecule has 0 saturated heterocycles. The summed E-state index contributed by atoms with van der Waals surface area (Å²) in [5.41, 5.74) is 0.895. The zero-order valence-electron chi connectivity index (χ0n) is 16.8. The summed E-state index contributed by atoms with van der Waals surface area (Å²) in [4.78, 5) is 21.6. The second-order valence-corrected chi connectivity index (χ2v) is 7.66. The van der Waals surface area contributed by atoms with Crippen LogP contribution in [0.25, 0.3) is 0 Å². The minimum atomic E-state index is -0.400. The summed E-state index contributed by atoms with van der Waals surface area (Å²) in [6.07, 6.45) is 7.18. The number of aromatic nitrogens is 2. The van der Waals surface area contributed by atoms with E-state index in [1.807, 2.05) is 28.8 Å². The molecule has 2 aromatic rings. The largest absolute Gasteiger partial charge is 0.425 e. The second kappa shape index (κ2) is 8.78. The minimum Gasteiger partial charge on any atom is -0.425 e. The van der Waals surface area contributed by atoms with Gasteiger partial charge in [-0.05, 0) is 43.4 Å². The van der Waals surface area contributed by atoms with Crippen LogP contribution in [0.5, 0.6) is 11.8 Å². The lowest BCUT2D eigenvalue weighted by molar-refractivity contribution is 0.299. The van der Waals surface area contributed by atoms with Crippen molar-refractivity contribution in [1.82, 2.24) is 14.9 Å². The number of aliphatic hydroxyl groups excluding tert-OH is 1. The lowest BCUT2D eigenvalue weighted by atomic mass is 9.88. The van der Waals surface area contributed by atoms with E-state index in [1.165, 1.54) is 19.3 Å². The van der Waals surface area contributed by atoms with Crippen molar-refractivity contribution in [2.24, 2.45) is 10.9 Å². The van der Waals surface area contributed by atoms with Crippen molar-refractivity contribution in [2.45, 2.75) is 58.4 Å². The fraction of sp³-hybridized carbons (Fsp3) is 0.500. The van der Waals surface area contributed by atoms with Gasteiger partial charge in [-0.25, -0.2) is 10.3 Å². The average molecular weight is 395 g/mol. The monoisotopic (exact) mass is 395 g/mol. The summed E-state index contributed by atoms with van der Waals surface area (Å²) in [6.45, 7) is 2.77. The molecule has 7 heteroatoms. The predicted octanol–water partition coefficient (Wildman–Crippen LogP) is 3.84. The molecule has 1 fully saturated rings. The molecule has 7 nitrogen and oxygen atoms in total. The van der Waals surface area contributed by atoms with Gasteiger partial charge < -0.3 is 9.84 Å². The average Bonchev–Trinajstić information content (AvgIpc) is 3.18. The Morgan fingerprint density at radius 2 is 2.07 bits per heavy atom. The first kappa shape index (κ1) is 19.6. The summed E-state index contributed by atoms with van der Waals surface area (Å²) in [7, 11) is 0. The van der Waals surface area contributed by atoms with Crippen LogP contribution in [0.3, 0.4) is 0 Å². The van der Waals surface area contributed by atoms with Crippen LogP contribution < -0.4 is 15.6 Å². The number of nitrogens with zero attached hydrogens (tertiary/aromatic N) is 4. The molecule has 1 aliphatic heterocycles. The lowest BCUT2D eigenvalue weighted by Gasteiger charge is -2.20. The molecule has 1 aromatic carbocycles. The zero-order chi connectivity index (χ0) is 20.2. The van der Waals surface area contributed by atoms with Crippen molar-refractivity contribution >= 4 is 17.3 Å². The summed E-state index contributed by atoms with van der Waals surface area (Å²) >= 11 is 0. The van der Waals surface area contributed by atoms with Crippen LogP contribution in [0.1, 0.15) is 51.0 Å². The standard InChI is InChI=1S/C22H27N4O3/c1-2-12-26-20-18(23-19(24-20)16-8-4-3-5-9-16)21(28)25-22(26)29-17-10-6-7-15(14-17)11-13-27/h6-7,10,14,16,27H,2-5,8-9,11-13H2,1H3. The lowest BCUT2D eigenvalue weighted by Crippen LogP contribution is -2.24. The molecule has 153 valence electrons. The summed E-state index contributed by atoms with van der Waals surface area (Å²) in [6, 6.07) is 7.70. The van der Waals surface area contributed by atoms with Gasteiger partial charge in [0.05, 0.1) is 0 Å². The normalized spacial score (nSPS) is 16.3. The second-order valence-electron chi connectivity index (χ2n) is 7.66. The van der Waals surface area contributed by atoms with Gasteiger partial charge in [-0.3, -0.25) is 9.36 Å². The molecule has 1 aliphatic carbocycles. The number of hydrogen-bond donors (Lipinski definition) is 1. The van der Waals surface area contributed by atoms with Crippen molar-refractivity contribution in [3.05, 3.63) is 40.2 Å². The molecule has 0 atom stereocenters. The Morgan fingerprint density at radius 3 is 2.83 bits per heavy atom. The fourth-order valence-corrected chi connectivity index (χ4v) is 4.02. The molecule has 1 radical (unpaired) electrons. The summed E-state index contributed by atoms with van der Waals surface area (Å²) < 4.78 is 7.85. The Bertz CT molecular complexity index is 961. The van der Waals surface area contributed by atoms with Crippen molar-refractivity contribution in [1.29, 1.82) is 0 Å². The molecular weight excluding hydrogens is 368 g/mol. The molecule has 2 aliphatic rings. The maximum atomic E-state index is 12.7. The highest BCUT2D eigenvalue weighted by Gasteiger charge is 2.30. The third-order valence-electron chi connectivity index (χ3n) is 5.47. The van der Waals surface area contributed by atoms with Crippen LogP contribution in [-0.4, -0.2) is 27.1 Å². The van der Waals surface area contributed by atoms with Gasteiger partial charge in [-0.15, -0.1) is 0 Å². The van der Waals surface area contributed by atoms with Crippen LogP contribution >= 0.6 is 0 Å². The highest BCUT2D eigenvalue weighted by molar-refractivity contribution is 5.96. The summed E-state index contributed by atoms with van der Waals surface area (Å²) in [5, 5.41) is 13.7. The highest BCUT2D eigenvalue weighted by atomic mass is 16.5. The van der Waals surface area contributed by atoms with Gasteiger partial charge >= 0.3 is 11.6 Å². The number of fused-ring (bicyclic) bond motifs is 1. The highest BCUT2D eigenvalue weighted by Crippen LogP contribution is 2.36. The molecule has 0 amide bonds. The van der Waals surface area contributed by atoms with E-state index >= 15 is 0 Å². The third-order valence-corrected chi connectivity index (χ3v) is 5.47. The van der Waals surface area contributed by atoms with Gasteiger partial charge in [0.25, 0.3) is 0 Å². The fourth-order valence-electron chi connectivity index (χ4n) is 4.02. The van der Waals surface area contributed by atoms with E-state index in [2.05, 4.69) is 17.2 Å². The zero-order valence-corrected chi connectivity index (χ0v) is 16.8. The van der Waals surface area contributed by atoms with Gasteiger partial charge in [0.1, 0.15) is 11.6 Å². The number of amidine groups is 1. The molecule has 0 bridgehead atoms. The van der Waals surface area contributed by atoms with Crippen molar-refractivity contribution in [3.8, 4) is 11.8 Å². The smallest absolute Gasteiger partial charge is 0.307 e. The quantitative estimate of drug-likeness (QED) is 0.771. The first-order valence-electron chi connectivity index (χ1n) is 10.5. The topological polar surface area (TPSA) is 90.8 Å². The Hall–Kier alpha value is -2.67. The molecule has 4 rings (SSSR count). The minimum absolute atomic E-state index is 0.0707.